The maximum atomic E-state index is 15.7. The van der Waals surface area contributed by atoms with Crippen LogP contribution in [0.1, 0.15) is 127 Å². The fourth-order valence-electron chi connectivity index (χ4n) is 16.5. The summed E-state index contributed by atoms with van der Waals surface area (Å²) in [5, 5.41) is 76.4. The average molecular weight is 1900 g/mol. The molecule has 3 aliphatic rings. The molecule has 0 spiro atoms. The Labute approximate surface area is 780 Å². The highest BCUT2D eigenvalue weighted by atomic mass is 32.2. The molecule has 728 valence electrons. The number of carbonyl (C=O) groups is 17. The number of hydrogen-bond donors (Lipinski definition) is 16. The van der Waals surface area contributed by atoms with Crippen molar-refractivity contribution >= 4 is 123 Å². The second-order valence-electron chi connectivity index (χ2n) is 34.8. The van der Waals surface area contributed by atoms with Gasteiger partial charge in [0.25, 0.3) is 0 Å². The van der Waals surface area contributed by atoms with Gasteiger partial charge >= 0.3 is 11.9 Å². The number of fused-ring (bicyclic) bond motifs is 3. The molecule has 135 heavy (non-hydrogen) atoms. The summed E-state index contributed by atoms with van der Waals surface area (Å²) in [7, 11) is 3.57. The van der Waals surface area contributed by atoms with Gasteiger partial charge in [0.15, 0.2) is 17.5 Å². The van der Waals surface area contributed by atoms with Crippen molar-refractivity contribution in [3.63, 3.8) is 0 Å². The monoisotopic (exact) mass is 1900 g/mol. The number of para-hydroxylation sites is 1. The zero-order valence-corrected chi connectivity index (χ0v) is 76.8. The summed E-state index contributed by atoms with van der Waals surface area (Å²) >= 11 is 0.636. The first kappa shape index (κ1) is 105. The Balaban J connectivity index is 1.14. The molecule has 3 aliphatic heterocycles. The molecular weight excluding hydrogens is 1780 g/mol. The highest BCUT2D eigenvalue weighted by Crippen LogP contribution is 2.29. The first-order valence-corrected chi connectivity index (χ1v) is 45.5. The Morgan fingerprint density at radius 2 is 1.07 bits per heavy atom. The number of nitrogens with two attached hydrogens (primary N) is 1. The van der Waals surface area contributed by atoms with Gasteiger partial charge in [0.2, 0.25) is 88.6 Å². The summed E-state index contributed by atoms with van der Waals surface area (Å²) < 4.78 is 45.1. The SMILES string of the molecule is CCCC[C@H]1C(=O)N2CCC[C@@H]2C(=O)N[C@@H](CC(=O)O)C(=O)N[C@@H](C(C)C)C(=O)N(C)[C@H](Cc2ccccc2)C(=O)N[C@H](CCC(=O)O)C(=O)N2C[C@H](O)C[C@@H]2C(=O)N[C@@H](Cc2c[nH]c3ccccc23)C(=O)N[C@@H](Cc2ccc(O)cc2)C(=O)N[C@@H](CC(C)C)C(=O)N[C@H](C(=O)NCC(N)=O)CSCC(=O)N[C@@H](Cc2cc(F)c(F)c(F)c2)C(=O)N(C)[C@@H](Cc2ccc(O)cc2)C(=O)N1C. The van der Waals surface area contributed by atoms with E-state index in [9.17, 15) is 63.5 Å². The zero-order chi connectivity index (χ0) is 98.9. The van der Waals surface area contributed by atoms with Crippen molar-refractivity contribution in [3.05, 3.63) is 167 Å². The summed E-state index contributed by atoms with van der Waals surface area (Å²) in [4.78, 5) is 258. The van der Waals surface area contributed by atoms with Crippen LogP contribution in [0.4, 0.5) is 13.2 Å². The van der Waals surface area contributed by atoms with Gasteiger partial charge in [-0.2, -0.15) is 0 Å². The number of H-pyrrole nitrogens is 1. The van der Waals surface area contributed by atoms with Gasteiger partial charge in [0.05, 0.1) is 24.8 Å². The number of thioether (sulfide) groups is 1. The number of phenols is 2. The van der Waals surface area contributed by atoms with Gasteiger partial charge in [0, 0.05) is 102 Å². The van der Waals surface area contributed by atoms with E-state index in [0.29, 0.717) is 63.5 Å². The number of aliphatic hydroxyl groups excluding tert-OH is 1. The second-order valence-corrected chi connectivity index (χ2v) is 35.8. The summed E-state index contributed by atoms with van der Waals surface area (Å²) in [6.07, 6.45) is -4.97. The van der Waals surface area contributed by atoms with Gasteiger partial charge in [0.1, 0.15) is 90.0 Å². The number of nitrogens with one attached hydrogen (secondary N) is 10. The topological polar surface area (TPSA) is 558 Å². The number of aromatic amines is 1. The van der Waals surface area contributed by atoms with Crippen LogP contribution in [0.5, 0.6) is 11.5 Å². The molecular formula is C93H117F3N16O22S. The summed E-state index contributed by atoms with van der Waals surface area (Å²) in [5.41, 5.74) is 7.05. The molecule has 9 rings (SSSR count). The number of carboxylic acids is 2. The van der Waals surface area contributed by atoms with Crippen molar-refractivity contribution < 1.29 is 120 Å². The fourth-order valence-corrected chi connectivity index (χ4v) is 17.3. The first-order valence-electron chi connectivity index (χ1n) is 44.4. The quantitative estimate of drug-likeness (QED) is 0.0381. The van der Waals surface area contributed by atoms with Gasteiger partial charge in [-0.15, -0.1) is 11.8 Å². The molecule has 3 saturated heterocycles. The number of aliphatic hydroxyl groups is 1. The molecule has 0 bridgehead atoms. The normalized spacial score (nSPS) is 24.0. The number of nitrogens with zero attached hydrogens (tertiary/aromatic N) is 5. The highest BCUT2D eigenvalue weighted by molar-refractivity contribution is 8.00. The van der Waals surface area contributed by atoms with E-state index in [4.69, 9.17) is 5.73 Å². The van der Waals surface area contributed by atoms with E-state index in [1.54, 1.807) is 81.6 Å². The van der Waals surface area contributed by atoms with Gasteiger partial charge in [-0.25, -0.2) is 13.2 Å². The lowest BCUT2D eigenvalue weighted by atomic mass is 9.98. The number of amides is 15. The predicted octanol–water partition coefficient (Wildman–Crippen LogP) is 1.40. The van der Waals surface area contributed by atoms with Crippen LogP contribution in [0, 0.1) is 29.3 Å². The number of unbranched alkanes of at least 4 members (excludes halogenated alkanes) is 1. The molecule has 1 aromatic heterocycles. The van der Waals surface area contributed by atoms with E-state index in [1.807, 2.05) is 0 Å². The van der Waals surface area contributed by atoms with Crippen molar-refractivity contribution in [2.75, 3.05) is 52.3 Å². The number of halogens is 3. The van der Waals surface area contributed by atoms with Crippen LogP contribution >= 0.6 is 11.8 Å². The molecule has 0 aliphatic carbocycles. The fraction of sp³-hybridized carbons (Fsp3) is 0.473. The summed E-state index contributed by atoms with van der Waals surface area (Å²) in [6, 6.07) is 4.53. The number of aromatic hydroxyl groups is 2. The molecule has 17 N–H and O–H groups in total. The second kappa shape index (κ2) is 48.8. The zero-order valence-electron chi connectivity index (χ0n) is 76.0. The van der Waals surface area contributed by atoms with Crippen molar-refractivity contribution in [2.45, 2.75) is 216 Å². The minimum atomic E-state index is -2.00. The first-order chi connectivity index (χ1) is 64.0. The lowest BCUT2D eigenvalue weighted by Crippen LogP contribution is -2.62. The third kappa shape index (κ3) is 29.2. The molecule has 38 nitrogen and oxygen atoms in total. The van der Waals surface area contributed by atoms with Gasteiger partial charge in [-0.1, -0.05) is 120 Å². The predicted molar refractivity (Wildman–Crippen MR) is 484 cm³/mol. The van der Waals surface area contributed by atoms with Crippen LogP contribution in [0.2, 0.25) is 0 Å². The minimum absolute atomic E-state index is 0.0882. The Hall–Kier alpha value is -13.7. The van der Waals surface area contributed by atoms with E-state index in [0.717, 1.165) is 31.5 Å². The van der Waals surface area contributed by atoms with Crippen LogP contribution in [-0.2, 0) is 114 Å². The molecule has 5 aromatic carbocycles. The van der Waals surface area contributed by atoms with Gasteiger partial charge in [-0.3, -0.25) is 81.5 Å². The molecule has 42 heteroatoms. The summed E-state index contributed by atoms with van der Waals surface area (Å²) in [5.74, 6) is -27.3. The number of aliphatic carboxylic acids is 2. The number of carboxylic acid groups (broad SMARTS) is 2. The maximum Gasteiger partial charge on any atom is 0.305 e. The number of hydrogen-bond acceptors (Lipinski definition) is 21. The number of primary amides is 1. The highest BCUT2D eigenvalue weighted by Gasteiger charge is 2.48. The number of likely N-dealkylation sites (N-methyl/N-ethyl adjacent to an activating group) is 3. The minimum Gasteiger partial charge on any atom is -0.508 e. The van der Waals surface area contributed by atoms with Crippen LogP contribution < -0.4 is 53.6 Å². The Kier molecular flexibility index (Phi) is 38.0. The third-order valence-corrected chi connectivity index (χ3v) is 24.8. The Bertz CT molecular complexity index is 5290. The lowest BCUT2D eigenvalue weighted by Gasteiger charge is -2.38. The average Bonchev–Trinajstić information content (AvgIpc) is 1.74. The number of phenolic OH excluding ortho intramolecular Hbond substituents is 2. The molecule has 3 fully saturated rings. The van der Waals surface area contributed by atoms with E-state index in [-0.39, 0.29) is 63.0 Å². The number of aromatic nitrogens is 1. The summed E-state index contributed by atoms with van der Waals surface area (Å²) in [6.45, 7) is 6.56. The van der Waals surface area contributed by atoms with Crippen LogP contribution in [0.3, 0.4) is 0 Å². The smallest absolute Gasteiger partial charge is 0.305 e. The maximum absolute atomic E-state index is 15.7. The van der Waals surface area contributed by atoms with Crippen molar-refractivity contribution in [1.29, 1.82) is 0 Å². The molecule has 0 unspecified atom stereocenters. The van der Waals surface area contributed by atoms with E-state index in [2.05, 4.69) is 52.8 Å². The van der Waals surface area contributed by atoms with Gasteiger partial charge < -0.3 is 109 Å². The Morgan fingerprint density at radius 3 is 1.69 bits per heavy atom. The molecule has 14 atom stereocenters. The largest absolute Gasteiger partial charge is 0.508 e. The van der Waals surface area contributed by atoms with Gasteiger partial charge in [-0.05, 0) is 114 Å². The third-order valence-electron chi connectivity index (χ3n) is 23.8. The van der Waals surface area contributed by atoms with Crippen LogP contribution in [0.15, 0.2) is 121 Å². The molecule has 15 amide bonds. The van der Waals surface area contributed by atoms with Crippen molar-refractivity contribution in [3.8, 4) is 11.5 Å². The van der Waals surface area contributed by atoms with E-state index in [1.165, 1.54) is 76.5 Å². The standard InChI is InChI=1S/C93H117F3N16O22S/c1-9-10-21-71-92(133)111-33-16-22-70(111)86(127)105-67(43-78(120)121)85(126)107-80(50(4)5)93(134)109(7)72(39-51-17-12-11-13-18-51)87(128)101-63(31-32-77(118)119)90(131)112-46-58(115)42-73(112)88(129)104-66(41-55-44-98-62-20-15-14-19-59(55)62)84(125)103-65(37-52-23-27-56(113)28-24-52)83(124)102-64(34-49(2)3)82(123)106-69(81(122)99-45-75(97)116)47-135-48-76(117)100-68(38-54-35-60(94)79(96)61(95)36-54)89(130)110(8)74(91(132)108(71)6)40-53-25-29-57(114)30-26-53/h11-15,17-20,23-30,35-36,44,49-50,58,63-74,80,98,113-115H,9-10,16,21-22,31-34,37-43,45-48H2,1-8H3,(H2,97,116)(H,99,122)(H,100,117)(H,101,128)(H,102,124)(H,103,125)(H,104,129)(H,105,127)(H,106,123)(H,107,126)(H,118,119)(H,120,121)/t58-,63-,64+,65+,66+,67+,68+,69+,70-,71+,72-,73-,74+,80+/m1/s1. The molecule has 6 aromatic rings. The van der Waals surface area contributed by atoms with Crippen LogP contribution in [-0.4, -0.2) is 292 Å². The van der Waals surface area contributed by atoms with E-state index >= 15 is 56.7 Å². The van der Waals surface area contributed by atoms with Crippen molar-refractivity contribution in [1.82, 2.24) is 77.3 Å². The molecule has 0 saturated carbocycles. The van der Waals surface area contributed by atoms with E-state index < -0.39 is 290 Å². The lowest BCUT2D eigenvalue weighted by molar-refractivity contribution is -0.152. The number of benzene rings is 5. The van der Waals surface area contributed by atoms with Crippen molar-refractivity contribution in [2.24, 2.45) is 17.6 Å². The van der Waals surface area contributed by atoms with Crippen LogP contribution in [0.25, 0.3) is 10.9 Å². The Morgan fingerprint density at radius 1 is 0.533 bits per heavy atom. The number of carbonyl (C=O) groups excluding carboxylic acids is 15. The molecule has 0 radical (unpaired) electrons. The molecule has 4 heterocycles. The number of rotatable bonds is 24.